The Balaban J connectivity index is 2.21. The van der Waals surface area contributed by atoms with Crippen LogP contribution >= 0.6 is 7.37 Å². The third kappa shape index (κ3) is 5.80. The van der Waals surface area contributed by atoms with Crippen LogP contribution in [0.2, 0.25) is 0 Å². The minimum absolute atomic E-state index is 0.00735. The van der Waals surface area contributed by atoms with Gasteiger partial charge < -0.3 is 15.1 Å². The van der Waals surface area contributed by atoms with Crippen molar-refractivity contribution in [2.24, 2.45) is 0 Å². The number of aliphatic hydroxyl groups is 1. The zero-order chi connectivity index (χ0) is 19.3. The molecular weight excluding hydrogens is 351 g/mol. The van der Waals surface area contributed by atoms with E-state index in [0.717, 1.165) is 27.8 Å². The third-order valence-electron chi connectivity index (χ3n) is 4.32. The van der Waals surface area contributed by atoms with Crippen LogP contribution in [0, 0.1) is 13.8 Å². The minimum Gasteiger partial charge on any atom is -0.481 e. The van der Waals surface area contributed by atoms with E-state index in [1.807, 2.05) is 50.2 Å². The Hall–Kier alpha value is -1.94. The summed E-state index contributed by atoms with van der Waals surface area (Å²) in [4.78, 5) is 20.8. The van der Waals surface area contributed by atoms with Crippen LogP contribution < -0.4 is 0 Å². The number of rotatable bonds is 8. The van der Waals surface area contributed by atoms with Gasteiger partial charge in [-0.1, -0.05) is 48.0 Å². The molecule has 5 nitrogen and oxygen atoms in total. The molecule has 0 fully saturated rings. The summed E-state index contributed by atoms with van der Waals surface area (Å²) in [6.07, 6.45) is -1.83. The van der Waals surface area contributed by atoms with Gasteiger partial charge in [-0.05, 0) is 42.5 Å². The fraction of sp³-hybridized carbons (Fsp3) is 0.350. The maximum absolute atomic E-state index is 12.4. The Bertz CT molecular complexity index is 816. The van der Waals surface area contributed by atoms with Crippen LogP contribution in [0.4, 0.5) is 0 Å². The molecule has 2 atom stereocenters. The molecule has 0 aliphatic heterocycles. The molecule has 0 aromatic heterocycles. The number of aliphatic carboxylic acids is 1. The molecule has 0 amide bonds. The van der Waals surface area contributed by atoms with Crippen LogP contribution in [0.25, 0.3) is 11.1 Å². The second-order valence-corrected chi connectivity index (χ2v) is 9.23. The summed E-state index contributed by atoms with van der Waals surface area (Å²) in [6.45, 7) is 4.00. The third-order valence-corrected chi connectivity index (χ3v) is 6.23. The second kappa shape index (κ2) is 8.63. The van der Waals surface area contributed by atoms with E-state index < -0.39 is 32.0 Å². The van der Waals surface area contributed by atoms with E-state index >= 15 is 0 Å². The monoisotopic (exact) mass is 376 g/mol. The molecule has 0 heterocycles. The quantitative estimate of drug-likeness (QED) is 0.612. The van der Waals surface area contributed by atoms with Crippen LogP contribution in [0.5, 0.6) is 0 Å². The molecule has 2 aromatic rings. The normalized spacial score (nSPS) is 14.6. The first-order chi connectivity index (χ1) is 12.2. The van der Waals surface area contributed by atoms with Crippen molar-refractivity contribution in [1.82, 2.24) is 0 Å². The van der Waals surface area contributed by atoms with Gasteiger partial charge in [0.15, 0.2) is 0 Å². The van der Waals surface area contributed by atoms with Gasteiger partial charge in [0.1, 0.15) is 0 Å². The SMILES string of the molecule is Cc1cc(C)c(CCP(=O)(O)CC(O)CC(=O)O)c(-c2ccccc2)c1. The fourth-order valence-electron chi connectivity index (χ4n) is 3.18. The molecule has 0 saturated heterocycles. The molecule has 6 heteroatoms. The predicted molar refractivity (Wildman–Crippen MR) is 103 cm³/mol. The first kappa shape index (κ1) is 20.4. The van der Waals surface area contributed by atoms with Crippen LogP contribution in [-0.4, -0.2) is 39.5 Å². The van der Waals surface area contributed by atoms with E-state index in [9.17, 15) is 19.4 Å². The molecule has 0 aliphatic carbocycles. The van der Waals surface area contributed by atoms with Crippen molar-refractivity contribution in [2.75, 3.05) is 12.3 Å². The van der Waals surface area contributed by atoms with E-state index in [0.29, 0.717) is 6.42 Å². The maximum atomic E-state index is 12.4. The topological polar surface area (TPSA) is 94.8 Å². The number of aliphatic hydroxyl groups excluding tert-OH is 1. The predicted octanol–water partition coefficient (Wildman–Crippen LogP) is 3.62. The number of hydrogen-bond acceptors (Lipinski definition) is 3. The average molecular weight is 376 g/mol. The van der Waals surface area contributed by atoms with Crippen LogP contribution in [0.1, 0.15) is 23.1 Å². The van der Waals surface area contributed by atoms with Gasteiger partial charge in [0.05, 0.1) is 18.7 Å². The van der Waals surface area contributed by atoms with Crippen LogP contribution in [-0.2, 0) is 15.8 Å². The lowest BCUT2D eigenvalue weighted by Gasteiger charge is -2.18. The summed E-state index contributed by atoms with van der Waals surface area (Å²) in [7, 11) is -3.63. The number of carbonyl (C=O) groups is 1. The number of carboxylic acid groups (broad SMARTS) is 1. The summed E-state index contributed by atoms with van der Waals surface area (Å²) in [5.41, 5.74) is 5.26. The summed E-state index contributed by atoms with van der Waals surface area (Å²) < 4.78 is 12.4. The molecule has 0 aliphatic rings. The Morgan fingerprint density at radius 1 is 1.15 bits per heavy atom. The van der Waals surface area contributed by atoms with Gasteiger partial charge in [-0.25, -0.2) is 0 Å². The zero-order valence-corrected chi connectivity index (χ0v) is 15.9. The van der Waals surface area contributed by atoms with Crippen molar-refractivity contribution < 1.29 is 24.5 Å². The van der Waals surface area contributed by atoms with E-state index in [2.05, 4.69) is 6.07 Å². The van der Waals surface area contributed by atoms with E-state index in [1.54, 1.807) is 0 Å². The van der Waals surface area contributed by atoms with E-state index in [4.69, 9.17) is 5.11 Å². The molecule has 0 spiro atoms. The summed E-state index contributed by atoms with van der Waals surface area (Å²) in [5.74, 6) is -1.18. The minimum atomic E-state index is -3.63. The Morgan fingerprint density at radius 3 is 2.42 bits per heavy atom. The molecule has 140 valence electrons. The molecule has 0 bridgehead atoms. The summed E-state index contributed by atoms with van der Waals surface area (Å²) in [6, 6.07) is 14.0. The Kier molecular flexibility index (Phi) is 6.76. The summed E-state index contributed by atoms with van der Waals surface area (Å²) in [5, 5.41) is 18.3. The van der Waals surface area contributed by atoms with Gasteiger partial charge in [0.25, 0.3) is 0 Å². The smallest absolute Gasteiger partial charge is 0.305 e. The van der Waals surface area contributed by atoms with Gasteiger partial charge >= 0.3 is 5.97 Å². The van der Waals surface area contributed by atoms with Gasteiger partial charge in [-0.15, -0.1) is 0 Å². The highest BCUT2D eigenvalue weighted by molar-refractivity contribution is 7.58. The van der Waals surface area contributed by atoms with E-state index in [1.165, 1.54) is 0 Å². The maximum Gasteiger partial charge on any atom is 0.305 e. The number of carboxylic acids is 1. The first-order valence-electron chi connectivity index (χ1n) is 8.54. The first-order valence-corrected chi connectivity index (χ1v) is 10.6. The average Bonchev–Trinajstić information content (AvgIpc) is 2.52. The summed E-state index contributed by atoms with van der Waals surface area (Å²) >= 11 is 0. The van der Waals surface area contributed by atoms with Crippen molar-refractivity contribution in [3.05, 3.63) is 59.2 Å². The van der Waals surface area contributed by atoms with Crippen LogP contribution in [0.15, 0.2) is 42.5 Å². The highest BCUT2D eigenvalue weighted by Crippen LogP contribution is 2.43. The molecule has 3 N–H and O–H groups in total. The number of hydrogen-bond donors (Lipinski definition) is 3. The zero-order valence-electron chi connectivity index (χ0n) is 15.1. The molecule has 2 rings (SSSR count). The Morgan fingerprint density at radius 2 is 1.81 bits per heavy atom. The molecule has 2 aromatic carbocycles. The molecule has 26 heavy (non-hydrogen) atoms. The molecular formula is C20H25O5P. The standard InChI is InChI=1S/C20H25O5P/c1-14-10-15(2)18(19(11-14)16-6-4-3-5-7-16)8-9-26(24,25)13-17(21)12-20(22)23/h3-7,10-11,17,21H,8-9,12-13H2,1-2H3,(H,22,23)(H,24,25). The number of aryl methyl sites for hydroxylation is 2. The van der Waals surface area contributed by atoms with Gasteiger partial charge in [-0.2, -0.15) is 0 Å². The lowest BCUT2D eigenvalue weighted by Crippen LogP contribution is -2.18. The van der Waals surface area contributed by atoms with E-state index in [-0.39, 0.29) is 6.16 Å². The van der Waals surface area contributed by atoms with Crippen molar-refractivity contribution in [2.45, 2.75) is 32.8 Å². The molecule has 0 radical (unpaired) electrons. The van der Waals surface area contributed by atoms with Gasteiger partial charge in [0, 0.05) is 6.16 Å². The number of benzene rings is 2. The molecule has 2 unspecified atom stereocenters. The van der Waals surface area contributed by atoms with Crippen molar-refractivity contribution >= 4 is 13.3 Å². The second-order valence-electron chi connectivity index (χ2n) is 6.73. The Labute approximate surface area is 153 Å². The van der Waals surface area contributed by atoms with Crippen LogP contribution in [0.3, 0.4) is 0 Å². The largest absolute Gasteiger partial charge is 0.481 e. The highest BCUT2D eigenvalue weighted by Gasteiger charge is 2.25. The van der Waals surface area contributed by atoms with Gasteiger partial charge in [0.2, 0.25) is 7.37 Å². The van der Waals surface area contributed by atoms with Crippen molar-refractivity contribution in [3.8, 4) is 11.1 Å². The fourth-order valence-corrected chi connectivity index (χ4v) is 4.72. The lowest BCUT2D eigenvalue weighted by atomic mass is 9.92. The van der Waals surface area contributed by atoms with Crippen molar-refractivity contribution in [1.29, 1.82) is 0 Å². The highest BCUT2D eigenvalue weighted by atomic mass is 31.2. The van der Waals surface area contributed by atoms with Gasteiger partial charge in [-0.3, -0.25) is 9.36 Å². The molecule has 0 saturated carbocycles. The lowest BCUT2D eigenvalue weighted by molar-refractivity contribution is -0.138. The van der Waals surface area contributed by atoms with Crippen molar-refractivity contribution in [3.63, 3.8) is 0 Å².